The zero-order chi connectivity index (χ0) is 13.4. The molecule has 0 radical (unpaired) electrons. The summed E-state index contributed by atoms with van der Waals surface area (Å²) in [5.41, 5.74) is 6.37. The van der Waals surface area contributed by atoms with Crippen LogP contribution in [0.4, 0.5) is 10.8 Å². The topological polar surface area (TPSA) is 68.5 Å². The van der Waals surface area contributed by atoms with Gasteiger partial charge in [-0.05, 0) is 18.2 Å². The lowest BCUT2D eigenvalue weighted by Gasteiger charge is -2.29. The van der Waals surface area contributed by atoms with Gasteiger partial charge in [-0.15, -0.1) is 11.3 Å². The van der Waals surface area contributed by atoms with Crippen LogP contribution in [0, 0.1) is 0 Å². The van der Waals surface area contributed by atoms with Gasteiger partial charge in [0.25, 0.3) is 5.91 Å². The van der Waals surface area contributed by atoms with Gasteiger partial charge in [0.1, 0.15) is 5.75 Å². The first-order valence-electron chi connectivity index (χ1n) is 5.56. The second-order valence-electron chi connectivity index (χ2n) is 4.05. The van der Waals surface area contributed by atoms with Crippen molar-refractivity contribution in [3.63, 3.8) is 0 Å². The molecule has 0 spiro atoms. The molecule has 0 atom stereocenters. The molecule has 98 valence electrons. The molecule has 2 heterocycles. The third kappa shape index (κ3) is 2.43. The average molecular weight is 340 g/mol. The summed E-state index contributed by atoms with van der Waals surface area (Å²) < 4.78 is 6.32. The van der Waals surface area contributed by atoms with Crippen LogP contribution < -0.4 is 15.4 Å². The smallest absolute Gasteiger partial charge is 0.265 e. The zero-order valence-corrected chi connectivity index (χ0v) is 12.2. The van der Waals surface area contributed by atoms with Crippen molar-refractivity contribution in [1.29, 1.82) is 0 Å². The van der Waals surface area contributed by atoms with Crippen LogP contribution in [0.1, 0.15) is 4.88 Å². The molecule has 5 nitrogen and oxygen atoms in total. The van der Waals surface area contributed by atoms with Crippen LogP contribution in [-0.2, 0) is 11.3 Å². The Morgan fingerprint density at radius 3 is 3.11 bits per heavy atom. The second kappa shape index (κ2) is 4.82. The molecule has 0 bridgehead atoms. The van der Waals surface area contributed by atoms with Crippen LogP contribution in [0.5, 0.6) is 5.75 Å². The number of hydrogen-bond donors (Lipinski definition) is 1. The SMILES string of the molecule is Nc1ncc(CN2C(=O)COc3ccc(Br)cc32)s1. The summed E-state index contributed by atoms with van der Waals surface area (Å²) in [6.07, 6.45) is 1.69. The largest absolute Gasteiger partial charge is 0.482 e. The maximum atomic E-state index is 12.0. The Balaban J connectivity index is 1.96. The molecule has 0 fully saturated rings. The molecular formula is C12H10BrN3O2S. The van der Waals surface area contributed by atoms with E-state index < -0.39 is 0 Å². The van der Waals surface area contributed by atoms with Gasteiger partial charge in [-0.2, -0.15) is 0 Å². The summed E-state index contributed by atoms with van der Waals surface area (Å²) in [5.74, 6) is 0.637. The zero-order valence-electron chi connectivity index (χ0n) is 9.80. The molecule has 1 aromatic carbocycles. The summed E-state index contributed by atoms with van der Waals surface area (Å²) in [4.78, 5) is 18.7. The molecule has 3 rings (SSSR count). The first-order valence-corrected chi connectivity index (χ1v) is 7.17. The van der Waals surface area contributed by atoms with E-state index in [0.29, 0.717) is 17.4 Å². The number of amides is 1. The Bertz CT molecular complexity index is 644. The van der Waals surface area contributed by atoms with Gasteiger partial charge in [0.2, 0.25) is 0 Å². The van der Waals surface area contributed by atoms with Crippen LogP contribution in [0.3, 0.4) is 0 Å². The van der Waals surface area contributed by atoms with Crippen LogP contribution >= 0.6 is 27.3 Å². The molecule has 1 aromatic heterocycles. The number of carbonyl (C=O) groups is 1. The number of hydrogen-bond acceptors (Lipinski definition) is 5. The minimum atomic E-state index is -0.0717. The van der Waals surface area contributed by atoms with E-state index in [1.54, 1.807) is 11.1 Å². The van der Waals surface area contributed by atoms with E-state index in [9.17, 15) is 4.79 Å². The van der Waals surface area contributed by atoms with Crippen molar-refractivity contribution in [2.24, 2.45) is 0 Å². The van der Waals surface area contributed by atoms with Crippen molar-refractivity contribution in [2.45, 2.75) is 6.54 Å². The van der Waals surface area contributed by atoms with E-state index in [-0.39, 0.29) is 12.5 Å². The first-order chi connectivity index (χ1) is 9.13. The Morgan fingerprint density at radius 1 is 1.53 bits per heavy atom. The van der Waals surface area contributed by atoms with Crippen molar-refractivity contribution < 1.29 is 9.53 Å². The number of carbonyl (C=O) groups excluding carboxylic acids is 1. The van der Waals surface area contributed by atoms with Crippen molar-refractivity contribution in [3.8, 4) is 5.75 Å². The van der Waals surface area contributed by atoms with E-state index in [1.165, 1.54) is 11.3 Å². The molecule has 0 unspecified atom stereocenters. The third-order valence-corrected chi connectivity index (χ3v) is 4.05. The van der Waals surface area contributed by atoms with Crippen molar-refractivity contribution in [1.82, 2.24) is 4.98 Å². The summed E-state index contributed by atoms with van der Waals surface area (Å²) in [6.45, 7) is 0.517. The Hall–Kier alpha value is -1.60. The molecule has 1 aliphatic rings. The van der Waals surface area contributed by atoms with Gasteiger partial charge >= 0.3 is 0 Å². The lowest BCUT2D eigenvalue weighted by Crippen LogP contribution is -2.38. The number of nitrogen functional groups attached to an aromatic ring is 1. The fourth-order valence-electron chi connectivity index (χ4n) is 1.90. The van der Waals surface area contributed by atoms with Gasteiger partial charge in [-0.25, -0.2) is 4.98 Å². The molecule has 0 saturated heterocycles. The van der Waals surface area contributed by atoms with Crippen LogP contribution in [0.25, 0.3) is 0 Å². The normalized spacial score (nSPS) is 14.2. The number of thiazole rings is 1. The average Bonchev–Trinajstić information content (AvgIpc) is 2.79. The van der Waals surface area contributed by atoms with E-state index in [4.69, 9.17) is 10.5 Å². The highest BCUT2D eigenvalue weighted by molar-refractivity contribution is 9.10. The molecule has 1 aliphatic heterocycles. The predicted molar refractivity (Wildman–Crippen MR) is 77.4 cm³/mol. The highest BCUT2D eigenvalue weighted by Crippen LogP contribution is 2.35. The number of aromatic nitrogens is 1. The van der Waals surface area contributed by atoms with E-state index >= 15 is 0 Å². The highest BCUT2D eigenvalue weighted by Gasteiger charge is 2.26. The number of anilines is 2. The van der Waals surface area contributed by atoms with E-state index in [2.05, 4.69) is 20.9 Å². The monoisotopic (exact) mass is 339 g/mol. The van der Waals surface area contributed by atoms with Crippen LogP contribution in [0.2, 0.25) is 0 Å². The van der Waals surface area contributed by atoms with Gasteiger partial charge in [0.15, 0.2) is 11.7 Å². The third-order valence-electron chi connectivity index (χ3n) is 2.75. The molecule has 2 aromatic rings. The molecule has 1 amide bonds. The Labute approximate surface area is 122 Å². The van der Waals surface area contributed by atoms with E-state index in [0.717, 1.165) is 15.0 Å². The van der Waals surface area contributed by atoms with Gasteiger partial charge in [0.05, 0.1) is 12.2 Å². The number of nitrogens with two attached hydrogens (primary N) is 1. The quantitative estimate of drug-likeness (QED) is 0.912. The first kappa shape index (κ1) is 12.4. The van der Waals surface area contributed by atoms with Gasteiger partial charge < -0.3 is 15.4 Å². The maximum Gasteiger partial charge on any atom is 0.265 e. The number of fused-ring (bicyclic) bond motifs is 1. The number of halogens is 1. The summed E-state index contributed by atoms with van der Waals surface area (Å²) >= 11 is 4.79. The number of nitrogens with zero attached hydrogens (tertiary/aromatic N) is 2. The molecule has 19 heavy (non-hydrogen) atoms. The maximum absolute atomic E-state index is 12.0. The molecule has 0 saturated carbocycles. The Kier molecular flexibility index (Phi) is 3.16. The fraction of sp³-hybridized carbons (Fsp3) is 0.167. The standard InChI is InChI=1S/C12H10BrN3O2S/c13-7-1-2-10-9(3-7)16(11(17)6-18-10)5-8-4-15-12(14)19-8/h1-4H,5-6H2,(H2,14,15). The van der Waals surface area contributed by atoms with Gasteiger partial charge in [-0.3, -0.25) is 4.79 Å². The summed E-state index contributed by atoms with van der Waals surface area (Å²) in [5, 5.41) is 0.505. The molecular weight excluding hydrogens is 330 g/mol. The number of rotatable bonds is 2. The lowest BCUT2D eigenvalue weighted by molar-refractivity contribution is -0.121. The molecule has 0 aliphatic carbocycles. The molecule has 2 N–H and O–H groups in total. The number of benzene rings is 1. The summed E-state index contributed by atoms with van der Waals surface area (Å²) in [6, 6.07) is 5.61. The van der Waals surface area contributed by atoms with Crippen molar-refractivity contribution in [2.75, 3.05) is 17.2 Å². The minimum Gasteiger partial charge on any atom is -0.482 e. The van der Waals surface area contributed by atoms with E-state index in [1.807, 2.05) is 18.2 Å². The van der Waals surface area contributed by atoms with Crippen molar-refractivity contribution in [3.05, 3.63) is 33.7 Å². The molecule has 7 heteroatoms. The minimum absolute atomic E-state index is 0.0585. The van der Waals surface area contributed by atoms with Crippen LogP contribution in [0.15, 0.2) is 28.9 Å². The van der Waals surface area contributed by atoms with Crippen LogP contribution in [-0.4, -0.2) is 17.5 Å². The predicted octanol–water partition coefficient (Wildman–Crippen LogP) is 2.41. The highest BCUT2D eigenvalue weighted by atomic mass is 79.9. The lowest BCUT2D eigenvalue weighted by atomic mass is 10.2. The summed E-state index contributed by atoms with van der Waals surface area (Å²) in [7, 11) is 0. The van der Waals surface area contributed by atoms with Gasteiger partial charge in [0, 0.05) is 15.5 Å². The fourth-order valence-corrected chi connectivity index (χ4v) is 2.92. The van der Waals surface area contributed by atoms with Gasteiger partial charge in [-0.1, -0.05) is 15.9 Å². The van der Waals surface area contributed by atoms with Crippen molar-refractivity contribution >= 4 is 44.0 Å². The second-order valence-corrected chi connectivity index (χ2v) is 6.11. The Morgan fingerprint density at radius 2 is 2.37 bits per heavy atom. The number of ether oxygens (including phenoxy) is 1.